The molecule has 12 heteroatoms. The van der Waals surface area contributed by atoms with Crippen LogP contribution >= 0.6 is 15.9 Å². The average molecular weight is 645 g/mol. The van der Waals surface area contributed by atoms with Crippen molar-refractivity contribution in [1.82, 2.24) is 19.8 Å². The number of esters is 2. The van der Waals surface area contributed by atoms with Gasteiger partial charge in [-0.25, -0.2) is 9.97 Å². The maximum atomic E-state index is 12.2. The molecule has 1 aliphatic rings. The smallest absolute Gasteiger partial charge is 0.307 e. The minimum Gasteiger partial charge on any atom is -0.493 e. The Balaban J connectivity index is 1.36. The second-order valence-electron chi connectivity index (χ2n) is 9.78. The number of carbonyl (C=O) groups is 2. The van der Waals surface area contributed by atoms with Gasteiger partial charge in [-0.1, -0.05) is 22.0 Å². The van der Waals surface area contributed by atoms with Crippen LogP contribution in [0.15, 0.2) is 47.2 Å². The first-order chi connectivity index (χ1) is 20.4. The van der Waals surface area contributed by atoms with Crippen LogP contribution in [0.25, 0.3) is 10.9 Å². The summed E-state index contributed by atoms with van der Waals surface area (Å²) in [5.74, 6) is 1.28. The van der Waals surface area contributed by atoms with Crippen molar-refractivity contribution in [2.24, 2.45) is 0 Å². The number of rotatable bonds is 14. The Morgan fingerprint density at radius 2 is 1.69 bits per heavy atom. The van der Waals surface area contributed by atoms with E-state index in [9.17, 15) is 9.59 Å². The summed E-state index contributed by atoms with van der Waals surface area (Å²) >= 11 is 3.50. The van der Waals surface area contributed by atoms with E-state index in [1.54, 1.807) is 21.0 Å². The number of fused-ring (bicyclic) bond motifs is 1. The largest absolute Gasteiger partial charge is 0.493 e. The molecule has 0 atom stereocenters. The van der Waals surface area contributed by atoms with Crippen molar-refractivity contribution < 1.29 is 28.5 Å². The summed E-state index contributed by atoms with van der Waals surface area (Å²) in [4.78, 5) is 37.7. The molecule has 4 rings (SSSR count). The zero-order valence-electron chi connectivity index (χ0n) is 24.3. The lowest BCUT2D eigenvalue weighted by molar-refractivity contribution is -0.147. The first kappa shape index (κ1) is 31.5. The fourth-order valence-corrected chi connectivity index (χ4v) is 5.33. The van der Waals surface area contributed by atoms with Gasteiger partial charge in [0, 0.05) is 60.4 Å². The van der Waals surface area contributed by atoms with Crippen LogP contribution in [0, 0.1) is 0 Å². The van der Waals surface area contributed by atoms with E-state index in [1.165, 1.54) is 6.33 Å². The second-order valence-corrected chi connectivity index (χ2v) is 10.7. The summed E-state index contributed by atoms with van der Waals surface area (Å²) in [5, 5.41) is 4.18. The number of hydrogen-bond acceptors (Lipinski definition) is 11. The first-order valence-electron chi connectivity index (χ1n) is 14.2. The molecule has 2 heterocycles. The number of carbonyl (C=O) groups excluding carboxylic acids is 2. The quantitative estimate of drug-likeness (QED) is 0.252. The summed E-state index contributed by atoms with van der Waals surface area (Å²) in [6.45, 7) is 8.38. The maximum Gasteiger partial charge on any atom is 0.307 e. The van der Waals surface area contributed by atoms with Crippen molar-refractivity contribution >= 4 is 50.3 Å². The zero-order valence-corrected chi connectivity index (χ0v) is 25.9. The Morgan fingerprint density at radius 3 is 2.33 bits per heavy atom. The van der Waals surface area contributed by atoms with Crippen molar-refractivity contribution in [1.29, 1.82) is 0 Å². The SMILES string of the molecule is CCOC(=O)CC(CC(=O)OCC)N1CCN(CCOc2cc3c(Nc4cccc(Br)c4)ncnc3cc2OC)CC1. The van der Waals surface area contributed by atoms with Crippen molar-refractivity contribution in [2.45, 2.75) is 32.7 Å². The number of piperazine rings is 1. The van der Waals surface area contributed by atoms with Crippen LogP contribution in [0.4, 0.5) is 11.5 Å². The molecule has 0 radical (unpaired) electrons. The van der Waals surface area contributed by atoms with Gasteiger partial charge < -0.3 is 24.3 Å². The van der Waals surface area contributed by atoms with Crippen LogP contribution in [-0.4, -0.2) is 97.4 Å². The third-order valence-electron chi connectivity index (χ3n) is 7.01. The molecule has 0 unspecified atom stereocenters. The van der Waals surface area contributed by atoms with Crippen LogP contribution in [0.3, 0.4) is 0 Å². The monoisotopic (exact) mass is 643 g/mol. The van der Waals surface area contributed by atoms with E-state index in [0.717, 1.165) is 47.2 Å². The molecule has 1 saturated heterocycles. The average Bonchev–Trinajstić information content (AvgIpc) is 2.97. The lowest BCUT2D eigenvalue weighted by Crippen LogP contribution is -2.52. The number of halogens is 1. The highest BCUT2D eigenvalue weighted by Gasteiger charge is 2.28. The molecule has 226 valence electrons. The number of hydrogen-bond donors (Lipinski definition) is 1. The van der Waals surface area contributed by atoms with Gasteiger partial charge in [-0.3, -0.25) is 19.4 Å². The van der Waals surface area contributed by atoms with Gasteiger partial charge >= 0.3 is 11.9 Å². The number of benzene rings is 2. The van der Waals surface area contributed by atoms with Crippen molar-refractivity contribution in [3.63, 3.8) is 0 Å². The van der Waals surface area contributed by atoms with Gasteiger partial charge in [0.2, 0.25) is 0 Å². The van der Waals surface area contributed by atoms with Crippen LogP contribution < -0.4 is 14.8 Å². The number of anilines is 2. The lowest BCUT2D eigenvalue weighted by Gasteiger charge is -2.38. The van der Waals surface area contributed by atoms with Gasteiger partial charge in [-0.2, -0.15) is 0 Å². The molecule has 0 spiro atoms. The highest BCUT2D eigenvalue weighted by Crippen LogP contribution is 2.35. The Labute approximate surface area is 254 Å². The predicted octanol–water partition coefficient (Wildman–Crippen LogP) is 4.42. The molecule has 2 aromatic carbocycles. The Kier molecular flexibility index (Phi) is 11.7. The molecule has 1 N–H and O–H groups in total. The topological polar surface area (TPSA) is 115 Å². The summed E-state index contributed by atoms with van der Waals surface area (Å²) < 4.78 is 23.0. The first-order valence-corrected chi connectivity index (χ1v) is 14.9. The number of methoxy groups -OCH3 is 1. The fraction of sp³-hybridized carbons (Fsp3) is 0.467. The molecule has 0 amide bonds. The fourth-order valence-electron chi connectivity index (χ4n) is 4.93. The molecule has 1 aliphatic heterocycles. The van der Waals surface area contributed by atoms with E-state index >= 15 is 0 Å². The lowest BCUT2D eigenvalue weighted by atomic mass is 10.1. The number of nitrogens with one attached hydrogen (secondary N) is 1. The second kappa shape index (κ2) is 15.7. The van der Waals surface area contributed by atoms with Crippen LogP contribution in [0.2, 0.25) is 0 Å². The van der Waals surface area contributed by atoms with Crippen molar-refractivity contribution in [3.05, 3.63) is 47.2 Å². The molecule has 0 bridgehead atoms. The normalized spacial score (nSPS) is 14.1. The highest BCUT2D eigenvalue weighted by molar-refractivity contribution is 9.10. The van der Waals surface area contributed by atoms with E-state index in [1.807, 2.05) is 36.4 Å². The standard InChI is InChI=1S/C30H38BrN5O6/c1-4-40-28(37)16-23(17-29(38)41-5-2)36-11-9-35(10-12-36)13-14-42-27-18-24-25(19-26(27)39-3)32-20-33-30(24)34-22-8-6-7-21(31)15-22/h6-8,15,18-20,23H,4-5,9-14,16-17H2,1-3H3,(H,32,33,34). The number of nitrogens with zero attached hydrogens (tertiary/aromatic N) is 4. The van der Waals surface area contributed by atoms with Gasteiger partial charge in [0.15, 0.2) is 11.5 Å². The zero-order chi connectivity index (χ0) is 29.9. The van der Waals surface area contributed by atoms with Crippen molar-refractivity contribution in [2.75, 3.05) is 65.0 Å². The van der Waals surface area contributed by atoms with E-state index in [0.29, 0.717) is 43.7 Å². The molecule has 11 nitrogen and oxygen atoms in total. The van der Waals surface area contributed by atoms with Crippen LogP contribution in [0.5, 0.6) is 11.5 Å². The van der Waals surface area contributed by atoms with Crippen LogP contribution in [0.1, 0.15) is 26.7 Å². The third-order valence-corrected chi connectivity index (χ3v) is 7.50. The van der Waals surface area contributed by atoms with E-state index in [-0.39, 0.29) is 30.8 Å². The Bertz CT molecular complexity index is 1330. The van der Waals surface area contributed by atoms with Gasteiger partial charge in [-0.05, 0) is 38.1 Å². The van der Waals surface area contributed by atoms with Crippen molar-refractivity contribution in [3.8, 4) is 11.5 Å². The predicted molar refractivity (Wildman–Crippen MR) is 163 cm³/mol. The summed E-state index contributed by atoms with van der Waals surface area (Å²) in [6.07, 6.45) is 1.85. The number of aromatic nitrogens is 2. The number of ether oxygens (including phenoxy) is 4. The maximum absolute atomic E-state index is 12.2. The molecule has 0 saturated carbocycles. The molecule has 42 heavy (non-hydrogen) atoms. The minimum absolute atomic E-state index is 0.166. The third kappa shape index (κ3) is 8.76. The Morgan fingerprint density at radius 1 is 0.976 bits per heavy atom. The van der Waals surface area contributed by atoms with E-state index in [2.05, 4.69) is 41.0 Å². The highest BCUT2D eigenvalue weighted by atomic mass is 79.9. The molecule has 0 aliphatic carbocycles. The molecule has 3 aromatic rings. The van der Waals surface area contributed by atoms with Crippen LogP contribution in [-0.2, 0) is 19.1 Å². The Hall–Kier alpha value is -3.48. The summed E-state index contributed by atoms with van der Waals surface area (Å²) in [5.41, 5.74) is 1.64. The summed E-state index contributed by atoms with van der Waals surface area (Å²) in [6, 6.07) is 11.4. The van der Waals surface area contributed by atoms with E-state index in [4.69, 9.17) is 18.9 Å². The van der Waals surface area contributed by atoms with E-state index < -0.39 is 0 Å². The molecular weight excluding hydrogens is 606 g/mol. The molecule has 1 fully saturated rings. The minimum atomic E-state index is -0.299. The van der Waals surface area contributed by atoms with Gasteiger partial charge in [-0.15, -0.1) is 0 Å². The summed E-state index contributed by atoms with van der Waals surface area (Å²) in [7, 11) is 1.61. The van der Waals surface area contributed by atoms with Gasteiger partial charge in [0.25, 0.3) is 0 Å². The van der Waals surface area contributed by atoms with Gasteiger partial charge in [0.1, 0.15) is 18.8 Å². The van der Waals surface area contributed by atoms with Gasteiger partial charge in [0.05, 0.1) is 38.7 Å². The molecule has 1 aromatic heterocycles. The molecular formula is C30H38BrN5O6.